The molecule has 3 heterocycles. The molecule has 8 nitrogen and oxygen atoms in total. The number of carbonyl (C=O) groups is 1. The van der Waals surface area contributed by atoms with Crippen LogP contribution in [0.4, 0.5) is 5.69 Å². The van der Waals surface area contributed by atoms with Crippen molar-refractivity contribution < 1.29 is 9.53 Å². The van der Waals surface area contributed by atoms with Crippen molar-refractivity contribution in [3.8, 4) is 5.75 Å². The molecule has 0 bridgehead atoms. The minimum atomic E-state index is -0.422. The minimum Gasteiger partial charge on any atom is -0.486 e. The zero-order valence-corrected chi connectivity index (χ0v) is 17.7. The summed E-state index contributed by atoms with van der Waals surface area (Å²) >= 11 is 12.4. The number of anilines is 1. The zero-order valence-electron chi connectivity index (χ0n) is 16.2. The topological polar surface area (TPSA) is 97.7 Å². The number of aryl methyl sites for hydroxylation is 1. The fourth-order valence-electron chi connectivity index (χ4n) is 3.10. The first-order chi connectivity index (χ1) is 14.5. The highest BCUT2D eigenvalue weighted by Crippen LogP contribution is 2.33. The Morgan fingerprint density at radius 2 is 2.03 bits per heavy atom. The Morgan fingerprint density at radius 3 is 2.73 bits per heavy atom. The molecule has 0 aliphatic heterocycles. The first-order valence-electron chi connectivity index (χ1n) is 9.23. The SMILES string of the molecule is CCn1cc(NC(=O)c2n[nH]c3ccc(O[C@H](C)c4c(Cl)cncc4Cl)cc23)cn1. The molecule has 30 heavy (non-hydrogen) atoms. The number of pyridine rings is 1. The van der Waals surface area contributed by atoms with Crippen LogP contribution in [0.2, 0.25) is 10.0 Å². The van der Waals surface area contributed by atoms with Gasteiger partial charge in [-0.2, -0.15) is 10.2 Å². The van der Waals surface area contributed by atoms with Crippen LogP contribution in [0.25, 0.3) is 10.9 Å². The van der Waals surface area contributed by atoms with E-state index in [0.29, 0.717) is 44.5 Å². The van der Waals surface area contributed by atoms with Gasteiger partial charge in [-0.15, -0.1) is 0 Å². The Hall–Kier alpha value is -3.10. The van der Waals surface area contributed by atoms with Crippen molar-refractivity contribution in [1.29, 1.82) is 0 Å². The number of carbonyl (C=O) groups excluding carboxylic acids is 1. The van der Waals surface area contributed by atoms with Gasteiger partial charge in [0.15, 0.2) is 5.69 Å². The van der Waals surface area contributed by atoms with Crippen molar-refractivity contribution in [3.63, 3.8) is 0 Å². The molecule has 0 aliphatic carbocycles. The molecule has 0 unspecified atom stereocenters. The predicted octanol–water partition coefficient (Wildman–Crippen LogP) is 4.87. The summed E-state index contributed by atoms with van der Waals surface area (Å²) in [6.45, 7) is 4.52. The molecular weight excluding hydrogens is 427 g/mol. The van der Waals surface area contributed by atoms with E-state index in [0.717, 1.165) is 0 Å². The zero-order chi connectivity index (χ0) is 21.3. The van der Waals surface area contributed by atoms with E-state index in [4.69, 9.17) is 27.9 Å². The van der Waals surface area contributed by atoms with Crippen LogP contribution in [-0.2, 0) is 6.54 Å². The predicted molar refractivity (Wildman–Crippen MR) is 115 cm³/mol. The third-order valence-corrected chi connectivity index (χ3v) is 5.18. The van der Waals surface area contributed by atoms with E-state index >= 15 is 0 Å². The smallest absolute Gasteiger partial charge is 0.276 e. The molecule has 2 N–H and O–H groups in total. The van der Waals surface area contributed by atoms with Crippen molar-refractivity contribution in [1.82, 2.24) is 25.0 Å². The van der Waals surface area contributed by atoms with E-state index in [-0.39, 0.29) is 11.6 Å². The number of rotatable bonds is 6. The lowest BCUT2D eigenvalue weighted by molar-refractivity contribution is 0.102. The van der Waals surface area contributed by atoms with Gasteiger partial charge in [0.1, 0.15) is 11.9 Å². The molecular formula is C20H18Cl2N6O2. The number of amides is 1. The number of hydrogen-bond donors (Lipinski definition) is 2. The standard InChI is InChI=1S/C20H18Cl2N6O2/c1-3-28-10-12(7-24-28)25-20(29)19-14-6-13(4-5-17(14)26-27-19)30-11(2)18-15(21)8-23-9-16(18)22/h4-11H,3H2,1-2H3,(H,25,29)(H,26,27)/t11-/m1/s1. The summed E-state index contributed by atoms with van der Waals surface area (Å²) in [6.07, 6.45) is 5.96. The van der Waals surface area contributed by atoms with Crippen LogP contribution < -0.4 is 10.1 Å². The average Bonchev–Trinajstić information content (AvgIpc) is 3.34. The Labute approximate surface area is 182 Å². The Morgan fingerprint density at radius 1 is 1.27 bits per heavy atom. The Balaban J connectivity index is 1.58. The molecule has 4 aromatic rings. The molecule has 3 aromatic heterocycles. The molecule has 10 heteroatoms. The summed E-state index contributed by atoms with van der Waals surface area (Å²) in [5, 5.41) is 15.5. The summed E-state index contributed by atoms with van der Waals surface area (Å²) < 4.78 is 7.75. The van der Waals surface area contributed by atoms with Crippen molar-refractivity contribution in [2.75, 3.05) is 5.32 Å². The van der Waals surface area contributed by atoms with E-state index in [1.807, 2.05) is 13.8 Å². The molecule has 1 aromatic carbocycles. The summed E-state index contributed by atoms with van der Waals surface area (Å²) in [4.78, 5) is 16.7. The molecule has 0 radical (unpaired) electrons. The van der Waals surface area contributed by atoms with E-state index in [1.54, 1.807) is 35.3 Å². The van der Waals surface area contributed by atoms with E-state index < -0.39 is 6.10 Å². The maximum Gasteiger partial charge on any atom is 0.276 e. The third-order valence-electron chi connectivity index (χ3n) is 4.57. The highest BCUT2D eigenvalue weighted by molar-refractivity contribution is 6.35. The lowest BCUT2D eigenvalue weighted by Gasteiger charge is -2.17. The van der Waals surface area contributed by atoms with Gasteiger partial charge >= 0.3 is 0 Å². The Bertz CT molecular complexity index is 1200. The van der Waals surface area contributed by atoms with Gasteiger partial charge in [0.05, 0.1) is 27.4 Å². The van der Waals surface area contributed by atoms with Gasteiger partial charge in [0, 0.05) is 36.1 Å². The number of nitrogens with one attached hydrogen (secondary N) is 2. The van der Waals surface area contributed by atoms with Crippen molar-refractivity contribution >= 4 is 45.7 Å². The highest BCUT2D eigenvalue weighted by atomic mass is 35.5. The van der Waals surface area contributed by atoms with E-state index in [2.05, 4.69) is 25.6 Å². The van der Waals surface area contributed by atoms with Crippen LogP contribution in [0.5, 0.6) is 5.75 Å². The quantitative estimate of drug-likeness (QED) is 0.441. The van der Waals surface area contributed by atoms with Crippen LogP contribution in [-0.4, -0.2) is 30.9 Å². The van der Waals surface area contributed by atoms with Crippen LogP contribution in [0.15, 0.2) is 43.0 Å². The van der Waals surface area contributed by atoms with Gasteiger partial charge in [0.25, 0.3) is 5.91 Å². The lowest BCUT2D eigenvalue weighted by atomic mass is 10.1. The lowest BCUT2D eigenvalue weighted by Crippen LogP contribution is -2.12. The average molecular weight is 445 g/mol. The monoisotopic (exact) mass is 444 g/mol. The van der Waals surface area contributed by atoms with Gasteiger partial charge in [-0.05, 0) is 32.0 Å². The largest absolute Gasteiger partial charge is 0.486 e. The fourth-order valence-corrected chi connectivity index (χ4v) is 3.78. The van der Waals surface area contributed by atoms with Crippen molar-refractivity contribution in [2.24, 2.45) is 0 Å². The number of nitrogens with zero attached hydrogens (tertiary/aromatic N) is 4. The van der Waals surface area contributed by atoms with Gasteiger partial charge in [-0.25, -0.2) is 0 Å². The number of ether oxygens (including phenoxy) is 1. The second-order valence-corrected chi connectivity index (χ2v) is 7.41. The van der Waals surface area contributed by atoms with E-state index in [9.17, 15) is 4.79 Å². The molecule has 154 valence electrons. The number of aromatic nitrogens is 5. The second kappa shape index (κ2) is 8.33. The van der Waals surface area contributed by atoms with Crippen LogP contribution in [0.1, 0.15) is 36.0 Å². The molecule has 1 atom stereocenters. The molecule has 4 rings (SSSR count). The first kappa shape index (κ1) is 20.2. The van der Waals surface area contributed by atoms with Gasteiger partial charge in [-0.3, -0.25) is 19.6 Å². The third kappa shape index (κ3) is 3.96. The minimum absolute atomic E-state index is 0.257. The number of halogens is 2. The maximum atomic E-state index is 12.7. The van der Waals surface area contributed by atoms with Gasteiger partial charge < -0.3 is 10.1 Å². The van der Waals surface area contributed by atoms with Crippen LogP contribution in [0.3, 0.4) is 0 Å². The number of fused-ring (bicyclic) bond motifs is 1. The number of benzene rings is 1. The summed E-state index contributed by atoms with van der Waals surface area (Å²) in [5.41, 5.74) is 2.21. The number of aromatic amines is 1. The van der Waals surface area contributed by atoms with Gasteiger partial charge in [-0.1, -0.05) is 23.2 Å². The summed E-state index contributed by atoms with van der Waals surface area (Å²) in [7, 11) is 0. The second-order valence-electron chi connectivity index (χ2n) is 6.60. The first-order valence-corrected chi connectivity index (χ1v) is 9.99. The van der Waals surface area contributed by atoms with E-state index in [1.165, 1.54) is 12.4 Å². The number of H-pyrrole nitrogens is 1. The molecule has 0 aliphatic rings. The fraction of sp³-hybridized carbons (Fsp3) is 0.200. The van der Waals surface area contributed by atoms with Crippen molar-refractivity contribution in [3.05, 3.63) is 64.3 Å². The Kier molecular flexibility index (Phi) is 5.61. The molecule has 0 fully saturated rings. The summed E-state index contributed by atoms with van der Waals surface area (Å²) in [5.74, 6) is 0.204. The molecule has 0 saturated carbocycles. The maximum absolute atomic E-state index is 12.7. The van der Waals surface area contributed by atoms with Crippen LogP contribution >= 0.6 is 23.2 Å². The van der Waals surface area contributed by atoms with Crippen molar-refractivity contribution in [2.45, 2.75) is 26.5 Å². The number of hydrogen-bond acceptors (Lipinski definition) is 5. The normalized spacial score (nSPS) is 12.1. The van der Waals surface area contributed by atoms with Crippen LogP contribution in [0, 0.1) is 0 Å². The molecule has 0 saturated heterocycles. The summed E-state index contributed by atoms with van der Waals surface area (Å²) in [6, 6.07) is 5.34. The molecule has 0 spiro atoms. The highest BCUT2D eigenvalue weighted by Gasteiger charge is 2.19. The van der Waals surface area contributed by atoms with Gasteiger partial charge in [0.2, 0.25) is 0 Å². The molecule has 1 amide bonds.